The number of nitrogens with one attached hydrogen (secondary N) is 1. The van der Waals surface area contributed by atoms with Gasteiger partial charge in [-0.05, 0) is 87.3 Å². The Balaban J connectivity index is 0.908. The number of aliphatic imine (C=N–C) groups is 1. The normalized spacial score (nSPS) is 17.3. The van der Waals surface area contributed by atoms with E-state index in [1.165, 1.54) is 71.8 Å². The monoisotopic (exact) mass is 818 g/mol. The first-order valence-electron chi connectivity index (χ1n) is 22.2. The van der Waals surface area contributed by atoms with Crippen LogP contribution in [0.5, 0.6) is 0 Å². The number of aromatic nitrogens is 1. The van der Waals surface area contributed by atoms with Crippen LogP contribution in [-0.4, -0.2) is 16.3 Å². The number of anilines is 3. The molecular formula is C60H42N4. The molecule has 2 aliphatic heterocycles. The van der Waals surface area contributed by atoms with Crippen molar-refractivity contribution in [3.05, 3.63) is 253 Å². The third-order valence-electron chi connectivity index (χ3n) is 13.5. The molecule has 3 atom stereocenters. The maximum atomic E-state index is 5.54. The highest BCUT2D eigenvalue weighted by atomic mass is 15.2. The van der Waals surface area contributed by atoms with E-state index in [1.807, 2.05) is 0 Å². The number of para-hydroxylation sites is 2. The average molecular weight is 819 g/mol. The molecule has 0 fully saturated rings. The van der Waals surface area contributed by atoms with Crippen LogP contribution in [0, 0.1) is 0 Å². The van der Waals surface area contributed by atoms with Crippen LogP contribution in [0.25, 0.3) is 60.5 Å². The summed E-state index contributed by atoms with van der Waals surface area (Å²) in [5.41, 5.74) is 17.7. The van der Waals surface area contributed by atoms with Gasteiger partial charge in [-0.15, -0.1) is 0 Å². The summed E-state index contributed by atoms with van der Waals surface area (Å²) in [5, 5.41) is 8.86. The molecule has 302 valence electrons. The fourth-order valence-electron chi connectivity index (χ4n) is 10.6. The van der Waals surface area contributed by atoms with Crippen LogP contribution in [0.1, 0.15) is 34.3 Å². The van der Waals surface area contributed by atoms with E-state index in [2.05, 4.69) is 245 Å². The van der Waals surface area contributed by atoms with Gasteiger partial charge in [-0.1, -0.05) is 182 Å². The predicted molar refractivity (Wildman–Crippen MR) is 267 cm³/mol. The fourth-order valence-corrected chi connectivity index (χ4v) is 10.6. The molecule has 64 heavy (non-hydrogen) atoms. The number of hydrogen-bond donors (Lipinski definition) is 1. The maximum absolute atomic E-state index is 5.54. The molecule has 4 heteroatoms. The van der Waals surface area contributed by atoms with Crippen molar-refractivity contribution >= 4 is 55.4 Å². The van der Waals surface area contributed by atoms with Crippen LogP contribution in [0.3, 0.4) is 0 Å². The quantitative estimate of drug-likeness (QED) is 0.181. The van der Waals surface area contributed by atoms with Crippen molar-refractivity contribution in [2.24, 2.45) is 4.99 Å². The highest BCUT2D eigenvalue weighted by Crippen LogP contribution is 2.50. The number of benzene rings is 9. The molecule has 0 bridgehead atoms. The number of nitrogens with zero attached hydrogens (tertiary/aromatic N) is 3. The molecule has 1 N–H and O–H groups in total. The van der Waals surface area contributed by atoms with Crippen molar-refractivity contribution in [2.75, 3.05) is 10.2 Å². The summed E-state index contributed by atoms with van der Waals surface area (Å²) in [6, 6.07) is 75.1. The molecule has 10 aromatic rings. The number of fused-ring (bicyclic) bond motifs is 9. The van der Waals surface area contributed by atoms with Gasteiger partial charge in [-0.3, -0.25) is 4.99 Å². The third-order valence-corrected chi connectivity index (χ3v) is 13.5. The van der Waals surface area contributed by atoms with Gasteiger partial charge in [0.25, 0.3) is 0 Å². The second-order valence-electron chi connectivity index (χ2n) is 17.1. The van der Waals surface area contributed by atoms with Crippen LogP contribution in [0.4, 0.5) is 17.1 Å². The van der Waals surface area contributed by atoms with E-state index in [1.54, 1.807) is 0 Å². The van der Waals surface area contributed by atoms with Crippen molar-refractivity contribution in [1.82, 2.24) is 4.57 Å². The molecule has 9 aromatic carbocycles. The molecule has 0 saturated carbocycles. The minimum Gasteiger partial charge on any atom is -0.359 e. The standard InChI is InChI=1S/C60H42N4/c1-3-15-39(16-4-1)40-29-31-42(32-30-40)58-51-35-33-41-17-7-8-22-48(41)59(51)62-60(61-58)44-18-13-21-46(37-44)64-53-26-11-9-23-49(53)52-38-43(34-36-55(52)64)47-25-14-28-56-57(47)50-24-10-12-27-54(50)63(56)45-19-5-2-6-20-45/h1-38,49,53,60,62H. The van der Waals surface area contributed by atoms with Crippen molar-refractivity contribution < 1.29 is 0 Å². The highest BCUT2D eigenvalue weighted by Gasteiger charge is 2.38. The van der Waals surface area contributed by atoms with Gasteiger partial charge in [0.1, 0.15) is 6.17 Å². The van der Waals surface area contributed by atoms with Gasteiger partial charge in [0.05, 0.1) is 28.5 Å². The van der Waals surface area contributed by atoms with E-state index in [0.29, 0.717) is 0 Å². The highest BCUT2D eigenvalue weighted by molar-refractivity contribution is 6.20. The van der Waals surface area contributed by atoms with Gasteiger partial charge in [-0.2, -0.15) is 0 Å². The van der Waals surface area contributed by atoms with E-state index in [-0.39, 0.29) is 18.1 Å². The zero-order chi connectivity index (χ0) is 42.1. The molecule has 1 aliphatic carbocycles. The Morgan fingerprint density at radius 1 is 0.469 bits per heavy atom. The molecule has 4 nitrogen and oxygen atoms in total. The summed E-state index contributed by atoms with van der Waals surface area (Å²) in [6.07, 6.45) is 8.87. The van der Waals surface area contributed by atoms with E-state index in [4.69, 9.17) is 4.99 Å². The smallest absolute Gasteiger partial charge is 0.145 e. The zero-order valence-corrected chi connectivity index (χ0v) is 35.0. The van der Waals surface area contributed by atoms with E-state index in [0.717, 1.165) is 33.8 Å². The molecule has 3 aliphatic rings. The second-order valence-corrected chi connectivity index (χ2v) is 17.1. The summed E-state index contributed by atoms with van der Waals surface area (Å²) in [5.74, 6) is 0.211. The molecule has 0 radical (unpaired) electrons. The number of rotatable bonds is 6. The van der Waals surface area contributed by atoms with E-state index < -0.39 is 0 Å². The average Bonchev–Trinajstić information content (AvgIpc) is 3.89. The van der Waals surface area contributed by atoms with Crippen molar-refractivity contribution in [2.45, 2.75) is 18.1 Å². The lowest BCUT2D eigenvalue weighted by atomic mass is 9.89. The minimum atomic E-state index is -0.289. The fraction of sp³-hybridized carbons (Fsp3) is 0.0500. The molecule has 0 amide bonds. The van der Waals surface area contributed by atoms with Crippen LogP contribution < -0.4 is 10.2 Å². The van der Waals surface area contributed by atoms with Crippen molar-refractivity contribution in [3.63, 3.8) is 0 Å². The summed E-state index contributed by atoms with van der Waals surface area (Å²) < 4.78 is 2.40. The van der Waals surface area contributed by atoms with E-state index >= 15 is 0 Å². The Hall–Kier alpha value is -8.21. The lowest BCUT2D eigenvalue weighted by molar-refractivity contribution is 0.743. The SMILES string of the molecule is C1=CC2c3cc(-c4cccc5c4c4ccccc4n5-c4ccccc4)ccc3N(c3cccc(C4N=C(c5ccc(-c6ccccc6)cc5)c5ccc6ccccc6c5N4)c3)C2C=C1. The van der Waals surface area contributed by atoms with Gasteiger partial charge in [0.15, 0.2) is 0 Å². The third kappa shape index (κ3) is 5.80. The topological polar surface area (TPSA) is 32.6 Å². The molecule has 0 spiro atoms. The zero-order valence-electron chi connectivity index (χ0n) is 35.0. The minimum absolute atomic E-state index is 0.146. The summed E-state index contributed by atoms with van der Waals surface area (Å²) >= 11 is 0. The summed E-state index contributed by atoms with van der Waals surface area (Å²) in [4.78, 5) is 8.08. The number of allylic oxidation sites excluding steroid dienone is 2. The first-order valence-corrected chi connectivity index (χ1v) is 22.2. The Morgan fingerprint density at radius 3 is 2.03 bits per heavy atom. The van der Waals surface area contributed by atoms with Crippen LogP contribution in [-0.2, 0) is 0 Å². The Labute approximate surface area is 372 Å². The van der Waals surface area contributed by atoms with Crippen molar-refractivity contribution in [3.8, 4) is 27.9 Å². The van der Waals surface area contributed by atoms with Gasteiger partial charge < -0.3 is 14.8 Å². The Morgan fingerprint density at radius 2 is 1.16 bits per heavy atom. The van der Waals surface area contributed by atoms with Gasteiger partial charge in [-0.25, -0.2) is 0 Å². The molecule has 0 saturated heterocycles. The maximum Gasteiger partial charge on any atom is 0.145 e. The molecule has 1 aromatic heterocycles. The first kappa shape index (κ1) is 36.4. The Kier molecular flexibility index (Phi) is 8.38. The predicted octanol–water partition coefficient (Wildman–Crippen LogP) is 15.0. The van der Waals surface area contributed by atoms with Gasteiger partial charge in [0, 0.05) is 50.3 Å². The second kappa shape index (κ2) is 14.7. The van der Waals surface area contributed by atoms with Crippen LogP contribution in [0.2, 0.25) is 0 Å². The molecular weight excluding hydrogens is 777 g/mol. The largest absolute Gasteiger partial charge is 0.359 e. The first-order chi connectivity index (χ1) is 31.7. The molecule has 3 heterocycles. The number of hydrogen-bond acceptors (Lipinski definition) is 3. The van der Waals surface area contributed by atoms with Crippen LogP contribution in [0.15, 0.2) is 236 Å². The molecule has 13 rings (SSSR count). The summed E-state index contributed by atoms with van der Waals surface area (Å²) in [6.45, 7) is 0. The Bertz CT molecular complexity index is 3540. The van der Waals surface area contributed by atoms with E-state index in [9.17, 15) is 0 Å². The lowest BCUT2D eigenvalue weighted by Crippen LogP contribution is -2.28. The van der Waals surface area contributed by atoms with Crippen molar-refractivity contribution in [1.29, 1.82) is 0 Å². The summed E-state index contributed by atoms with van der Waals surface area (Å²) in [7, 11) is 0. The van der Waals surface area contributed by atoms with Crippen LogP contribution >= 0.6 is 0 Å². The van der Waals surface area contributed by atoms with Gasteiger partial charge >= 0.3 is 0 Å². The molecule has 3 unspecified atom stereocenters. The lowest BCUT2D eigenvalue weighted by Gasteiger charge is -2.31. The van der Waals surface area contributed by atoms with Gasteiger partial charge in [0.2, 0.25) is 0 Å².